The number of unbranched alkanes of at least 4 members (excludes halogenated alkanes) is 6. The van der Waals surface area contributed by atoms with Crippen LogP contribution in [0, 0.1) is 0 Å². The SMILES string of the molecule is CCCCC[Si](CCCCC)(CCCCC)N(C)C. The molecule has 0 aliphatic rings. The van der Waals surface area contributed by atoms with Crippen LogP contribution in [-0.4, -0.2) is 26.9 Å². The van der Waals surface area contributed by atoms with Crippen LogP contribution in [0.5, 0.6) is 0 Å². The van der Waals surface area contributed by atoms with Crippen molar-refractivity contribution >= 4 is 8.24 Å². The average Bonchev–Trinajstić information content (AvgIpc) is 2.38. The summed E-state index contributed by atoms with van der Waals surface area (Å²) >= 11 is 0. The topological polar surface area (TPSA) is 3.24 Å². The van der Waals surface area contributed by atoms with Crippen molar-refractivity contribution in [2.45, 2.75) is 96.7 Å². The van der Waals surface area contributed by atoms with Crippen molar-refractivity contribution in [3.8, 4) is 0 Å². The molecule has 0 spiro atoms. The maximum atomic E-state index is 2.69. The quantitative estimate of drug-likeness (QED) is 0.293. The molecule has 0 amide bonds. The number of hydrogen-bond acceptors (Lipinski definition) is 1. The molecule has 0 saturated carbocycles. The Kier molecular flexibility index (Phi) is 12.1. The van der Waals surface area contributed by atoms with E-state index in [9.17, 15) is 0 Å². The Balaban J connectivity index is 4.48. The van der Waals surface area contributed by atoms with Gasteiger partial charge in [0.15, 0.2) is 0 Å². The fourth-order valence-corrected chi connectivity index (χ4v) is 7.97. The van der Waals surface area contributed by atoms with Gasteiger partial charge in [-0.1, -0.05) is 78.6 Å². The van der Waals surface area contributed by atoms with Crippen molar-refractivity contribution in [3.63, 3.8) is 0 Å². The summed E-state index contributed by atoms with van der Waals surface area (Å²) in [5, 5.41) is 0. The van der Waals surface area contributed by atoms with Gasteiger partial charge < -0.3 is 4.57 Å². The van der Waals surface area contributed by atoms with Crippen LogP contribution in [0.4, 0.5) is 0 Å². The maximum absolute atomic E-state index is 2.69. The molecule has 0 heterocycles. The first-order valence-corrected chi connectivity index (χ1v) is 11.4. The lowest BCUT2D eigenvalue weighted by molar-refractivity contribution is 0.566. The van der Waals surface area contributed by atoms with E-state index >= 15 is 0 Å². The predicted molar refractivity (Wildman–Crippen MR) is 92.4 cm³/mol. The van der Waals surface area contributed by atoms with Crippen molar-refractivity contribution < 1.29 is 0 Å². The van der Waals surface area contributed by atoms with Gasteiger partial charge in [0.1, 0.15) is 8.24 Å². The number of nitrogens with zero attached hydrogens (tertiary/aromatic N) is 1. The molecule has 1 nitrogen and oxygen atoms in total. The molecule has 0 fully saturated rings. The summed E-state index contributed by atoms with van der Waals surface area (Å²) in [6, 6.07) is 4.63. The monoisotopic (exact) mass is 285 g/mol. The maximum Gasteiger partial charge on any atom is 0.127 e. The molecule has 2 heteroatoms. The van der Waals surface area contributed by atoms with Crippen LogP contribution >= 0.6 is 0 Å². The molecule has 0 bridgehead atoms. The van der Waals surface area contributed by atoms with Gasteiger partial charge in [-0.25, -0.2) is 0 Å². The first kappa shape index (κ1) is 19.2. The predicted octanol–water partition coefficient (Wildman–Crippen LogP) is 6.06. The molecule has 0 atom stereocenters. The van der Waals surface area contributed by atoms with Crippen LogP contribution in [0.3, 0.4) is 0 Å². The van der Waals surface area contributed by atoms with Crippen molar-refractivity contribution in [1.82, 2.24) is 4.57 Å². The zero-order valence-corrected chi connectivity index (χ0v) is 15.4. The Morgan fingerprint density at radius 2 is 0.895 bits per heavy atom. The lowest BCUT2D eigenvalue weighted by atomic mass is 10.3. The Hall–Kier alpha value is 0.177. The van der Waals surface area contributed by atoms with Gasteiger partial charge in [0.05, 0.1) is 0 Å². The zero-order valence-electron chi connectivity index (χ0n) is 14.4. The van der Waals surface area contributed by atoms with Gasteiger partial charge in [-0.15, -0.1) is 0 Å². The average molecular weight is 286 g/mol. The van der Waals surface area contributed by atoms with Crippen molar-refractivity contribution in [1.29, 1.82) is 0 Å². The molecule has 0 aromatic carbocycles. The fraction of sp³-hybridized carbons (Fsp3) is 1.00. The normalized spacial score (nSPS) is 12.3. The highest BCUT2D eigenvalue weighted by Gasteiger charge is 2.33. The van der Waals surface area contributed by atoms with Crippen LogP contribution in [0.1, 0.15) is 78.6 Å². The standard InChI is InChI=1S/C17H39NSi/c1-6-9-12-15-19(18(4)5,16-13-10-7-2)17-14-11-8-3/h6-17H2,1-5H3. The second kappa shape index (κ2) is 12.0. The minimum atomic E-state index is -1.15. The molecule has 0 aromatic rings. The first-order chi connectivity index (χ1) is 9.13. The molecule has 0 unspecified atom stereocenters. The van der Waals surface area contributed by atoms with E-state index in [0.717, 1.165) is 0 Å². The lowest BCUT2D eigenvalue weighted by Crippen LogP contribution is -2.49. The van der Waals surface area contributed by atoms with Crippen LogP contribution in [-0.2, 0) is 0 Å². The summed E-state index contributed by atoms with van der Waals surface area (Å²) in [7, 11) is 3.59. The Morgan fingerprint density at radius 3 is 1.11 bits per heavy atom. The third-order valence-corrected chi connectivity index (χ3v) is 10.4. The second-order valence-corrected chi connectivity index (χ2v) is 11.3. The highest BCUT2D eigenvalue weighted by molar-refractivity contribution is 6.77. The van der Waals surface area contributed by atoms with Crippen molar-refractivity contribution in [3.05, 3.63) is 0 Å². The van der Waals surface area contributed by atoms with E-state index in [4.69, 9.17) is 0 Å². The minimum absolute atomic E-state index is 1.15. The summed E-state index contributed by atoms with van der Waals surface area (Å²) < 4.78 is 2.69. The fourth-order valence-electron chi connectivity index (χ4n) is 3.16. The van der Waals surface area contributed by atoms with E-state index in [1.807, 2.05) is 0 Å². The molecule has 0 N–H and O–H groups in total. The highest BCUT2D eigenvalue weighted by atomic mass is 28.3. The largest absolute Gasteiger partial charge is 0.329 e. The first-order valence-electron chi connectivity index (χ1n) is 8.80. The molecular formula is C17H39NSi. The Labute approximate surface area is 124 Å². The molecule has 0 aromatic heterocycles. The number of rotatable bonds is 13. The summed E-state index contributed by atoms with van der Waals surface area (Å²) in [5.41, 5.74) is 0. The van der Waals surface area contributed by atoms with Crippen LogP contribution in [0.25, 0.3) is 0 Å². The van der Waals surface area contributed by atoms with E-state index in [1.54, 1.807) is 18.1 Å². The second-order valence-electron chi connectivity index (χ2n) is 6.49. The summed E-state index contributed by atoms with van der Waals surface area (Å²) in [6.45, 7) is 6.98. The lowest BCUT2D eigenvalue weighted by Gasteiger charge is -2.38. The molecule has 116 valence electrons. The summed E-state index contributed by atoms with van der Waals surface area (Å²) in [6.07, 6.45) is 12.8. The van der Waals surface area contributed by atoms with E-state index in [0.29, 0.717) is 0 Å². The molecule has 0 aliphatic carbocycles. The third-order valence-electron chi connectivity index (χ3n) is 4.69. The number of hydrogen-bond donors (Lipinski definition) is 0. The third kappa shape index (κ3) is 8.14. The molecule has 0 rings (SSSR count). The van der Waals surface area contributed by atoms with Gasteiger partial charge in [0.2, 0.25) is 0 Å². The van der Waals surface area contributed by atoms with Gasteiger partial charge in [-0.3, -0.25) is 0 Å². The van der Waals surface area contributed by atoms with Crippen LogP contribution in [0.2, 0.25) is 18.1 Å². The van der Waals surface area contributed by atoms with Gasteiger partial charge >= 0.3 is 0 Å². The van der Waals surface area contributed by atoms with Gasteiger partial charge in [-0.2, -0.15) is 0 Å². The Bertz CT molecular complexity index is 165. The zero-order chi connectivity index (χ0) is 14.6. The summed E-state index contributed by atoms with van der Waals surface area (Å²) in [4.78, 5) is 0. The van der Waals surface area contributed by atoms with Crippen LogP contribution in [0.15, 0.2) is 0 Å². The highest BCUT2D eigenvalue weighted by Crippen LogP contribution is 2.30. The molecule has 0 radical (unpaired) electrons. The van der Waals surface area contributed by atoms with Gasteiger partial charge in [0, 0.05) is 0 Å². The van der Waals surface area contributed by atoms with E-state index in [2.05, 4.69) is 39.4 Å². The van der Waals surface area contributed by atoms with Gasteiger partial charge in [0.25, 0.3) is 0 Å². The molecule has 0 aliphatic heterocycles. The van der Waals surface area contributed by atoms with Crippen LogP contribution < -0.4 is 0 Å². The smallest absolute Gasteiger partial charge is 0.127 e. The van der Waals surface area contributed by atoms with Gasteiger partial charge in [-0.05, 0) is 32.2 Å². The van der Waals surface area contributed by atoms with Crippen molar-refractivity contribution in [2.24, 2.45) is 0 Å². The van der Waals surface area contributed by atoms with E-state index in [-0.39, 0.29) is 0 Å². The minimum Gasteiger partial charge on any atom is -0.329 e. The summed E-state index contributed by atoms with van der Waals surface area (Å²) in [5.74, 6) is 0. The van der Waals surface area contributed by atoms with E-state index in [1.165, 1.54) is 57.8 Å². The molecular weight excluding hydrogens is 246 g/mol. The molecule has 19 heavy (non-hydrogen) atoms. The van der Waals surface area contributed by atoms with E-state index < -0.39 is 8.24 Å². The Morgan fingerprint density at radius 1 is 0.579 bits per heavy atom. The molecule has 0 saturated heterocycles. The van der Waals surface area contributed by atoms with Crippen molar-refractivity contribution in [2.75, 3.05) is 14.1 Å².